The third kappa shape index (κ3) is 8.04. The van der Waals surface area contributed by atoms with Crippen LogP contribution in [-0.2, 0) is 9.53 Å². The standard InChI is InChI=1S/C11H15IO2/c1-4-14-11(13)8-9(2)6-5-7-10(3)12/h5-8H,4H2,1-3H3/b6-5+,9-8+,10-7-. The molecule has 0 aliphatic rings. The molecule has 0 saturated carbocycles. The Morgan fingerprint density at radius 2 is 2.07 bits per heavy atom. The first kappa shape index (κ1) is 13.4. The largest absolute Gasteiger partial charge is 0.463 e. The van der Waals surface area contributed by atoms with E-state index in [4.69, 9.17) is 4.74 Å². The predicted octanol–water partition coefficient (Wildman–Crippen LogP) is 3.39. The van der Waals surface area contributed by atoms with E-state index in [-0.39, 0.29) is 5.97 Å². The highest BCUT2D eigenvalue weighted by molar-refractivity contribution is 14.1. The Balaban J connectivity index is 4.19. The summed E-state index contributed by atoms with van der Waals surface area (Å²) in [5.41, 5.74) is 0.886. The first-order valence-corrected chi connectivity index (χ1v) is 5.49. The van der Waals surface area contributed by atoms with Crippen molar-refractivity contribution in [1.29, 1.82) is 0 Å². The van der Waals surface area contributed by atoms with Crippen molar-refractivity contribution < 1.29 is 9.53 Å². The topological polar surface area (TPSA) is 26.3 Å². The van der Waals surface area contributed by atoms with Gasteiger partial charge in [0.15, 0.2) is 0 Å². The van der Waals surface area contributed by atoms with E-state index in [1.54, 1.807) is 6.92 Å². The molecular weight excluding hydrogens is 291 g/mol. The van der Waals surface area contributed by atoms with E-state index >= 15 is 0 Å². The molecule has 0 rings (SSSR count). The van der Waals surface area contributed by atoms with Crippen LogP contribution in [0.15, 0.2) is 33.5 Å². The van der Waals surface area contributed by atoms with Crippen LogP contribution in [0.25, 0.3) is 0 Å². The lowest BCUT2D eigenvalue weighted by Gasteiger charge is -1.95. The number of ether oxygens (including phenoxy) is 1. The molecule has 0 aromatic rings. The van der Waals surface area contributed by atoms with Gasteiger partial charge in [0.05, 0.1) is 6.61 Å². The van der Waals surface area contributed by atoms with Crippen molar-refractivity contribution in [3.8, 4) is 0 Å². The monoisotopic (exact) mass is 306 g/mol. The molecule has 78 valence electrons. The van der Waals surface area contributed by atoms with Gasteiger partial charge in [-0.1, -0.05) is 18.2 Å². The maximum Gasteiger partial charge on any atom is 0.330 e. The van der Waals surface area contributed by atoms with Crippen LogP contribution in [-0.4, -0.2) is 12.6 Å². The molecule has 14 heavy (non-hydrogen) atoms. The van der Waals surface area contributed by atoms with Gasteiger partial charge in [0, 0.05) is 6.08 Å². The Hall–Kier alpha value is -0.580. The summed E-state index contributed by atoms with van der Waals surface area (Å²) in [6, 6.07) is 0. The van der Waals surface area contributed by atoms with Crippen molar-refractivity contribution in [2.75, 3.05) is 6.61 Å². The summed E-state index contributed by atoms with van der Waals surface area (Å²) in [7, 11) is 0. The number of hydrogen-bond acceptors (Lipinski definition) is 2. The fourth-order valence-electron chi connectivity index (χ4n) is 0.750. The molecule has 0 bridgehead atoms. The van der Waals surface area contributed by atoms with Crippen molar-refractivity contribution in [2.45, 2.75) is 20.8 Å². The van der Waals surface area contributed by atoms with Crippen LogP contribution >= 0.6 is 22.6 Å². The molecule has 0 aromatic heterocycles. The summed E-state index contributed by atoms with van der Waals surface area (Å²) in [6.45, 7) is 6.08. The predicted molar refractivity (Wildman–Crippen MR) is 67.3 cm³/mol. The summed E-state index contributed by atoms with van der Waals surface area (Å²) in [5.74, 6) is -0.287. The molecule has 0 spiro atoms. The van der Waals surface area contributed by atoms with Crippen molar-refractivity contribution >= 4 is 28.6 Å². The summed E-state index contributed by atoms with van der Waals surface area (Å²) in [6.07, 6.45) is 7.24. The minimum Gasteiger partial charge on any atom is -0.463 e. The number of halogens is 1. The highest BCUT2D eigenvalue weighted by atomic mass is 127. The molecule has 0 amide bonds. The lowest BCUT2D eigenvalue weighted by Crippen LogP contribution is -1.99. The van der Waals surface area contributed by atoms with Gasteiger partial charge in [0.1, 0.15) is 0 Å². The quantitative estimate of drug-likeness (QED) is 0.344. The van der Waals surface area contributed by atoms with Crippen LogP contribution in [0.2, 0.25) is 0 Å². The van der Waals surface area contributed by atoms with Gasteiger partial charge in [-0.3, -0.25) is 0 Å². The van der Waals surface area contributed by atoms with Crippen molar-refractivity contribution in [3.63, 3.8) is 0 Å². The molecular formula is C11H15IO2. The van der Waals surface area contributed by atoms with Gasteiger partial charge in [0.2, 0.25) is 0 Å². The number of allylic oxidation sites excluding steroid dienone is 5. The van der Waals surface area contributed by atoms with Crippen molar-refractivity contribution in [2.24, 2.45) is 0 Å². The second-order valence-electron chi connectivity index (χ2n) is 2.75. The molecule has 0 aliphatic heterocycles. The maximum absolute atomic E-state index is 11.0. The first-order valence-electron chi connectivity index (χ1n) is 4.41. The molecule has 0 aliphatic carbocycles. The van der Waals surface area contributed by atoms with E-state index in [0.29, 0.717) is 6.61 Å². The third-order valence-corrected chi connectivity index (χ3v) is 1.68. The number of esters is 1. The van der Waals surface area contributed by atoms with Gasteiger partial charge in [-0.25, -0.2) is 4.79 Å². The van der Waals surface area contributed by atoms with Crippen LogP contribution in [0, 0.1) is 0 Å². The Morgan fingerprint density at radius 1 is 1.43 bits per heavy atom. The van der Waals surface area contributed by atoms with E-state index in [1.807, 2.05) is 32.1 Å². The Morgan fingerprint density at radius 3 is 2.57 bits per heavy atom. The van der Waals surface area contributed by atoms with Crippen LogP contribution in [0.5, 0.6) is 0 Å². The van der Waals surface area contributed by atoms with Crippen LogP contribution in [0.4, 0.5) is 0 Å². The third-order valence-electron chi connectivity index (χ3n) is 1.32. The maximum atomic E-state index is 11.0. The Labute approximate surface area is 98.9 Å². The fraction of sp³-hybridized carbons (Fsp3) is 0.364. The Bertz CT molecular complexity index is 271. The molecule has 0 N–H and O–H groups in total. The van der Waals surface area contributed by atoms with Gasteiger partial charge in [-0.15, -0.1) is 0 Å². The van der Waals surface area contributed by atoms with Gasteiger partial charge in [-0.2, -0.15) is 0 Å². The van der Waals surface area contributed by atoms with Gasteiger partial charge < -0.3 is 4.74 Å². The highest BCUT2D eigenvalue weighted by Gasteiger charge is 1.94. The second-order valence-corrected chi connectivity index (χ2v) is 4.45. The normalized spacial score (nSPS) is 13.4. The van der Waals surface area contributed by atoms with E-state index < -0.39 is 0 Å². The molecule has 0 saturated heterocycles. The summed E-state index contributed by atoms with van der Waals surface area (Å²) >= 11 is 2.23. The first-order chi connectivity index (χ1) is 6.56. The summed E-state index contributed by atoms with van der Waals surface area (Å²) < 4.78 is 5.97. The highest BCUT2D eigenvalue weighted by Crippen LogP contribution is 2.04. The fourth-order valence-corrected chi connectivity index (χ4v) is 0.958. The molecule has 3 heteroatoms. The average Bonchev–Trinajstić information content (AvgIpc) is 2.03. The number of hydrogen-bond donors (Lipinski definition) is 0. The molecule has 0 heterocycles. The van der Waals surface area contributed by atoms with Crippen molar-refractivity contribution in [1.82, 2.24) is 0 Å². The van der Waals surface area contributed by atoms with Gasteiger partial charge in [-0.05, 0) is 52.5 Å². The smallest absolute Gasteiger partial charge is 0.330 e. The van der Waals surface area contributed by atoms with Gasteiger partial charge in [0.25, 0.3) is 0 Å². The zero-order chi connectivity index (χ0) is 11.0. The van der Waals surface area contributed by atoms with E-state index in [2.05, 4.69) is 22.6 Å². The molecule has 0 atom stereocenters. The number of carbonyl (C=O) groups is 1. The summed E-state index contributed by atoms with van der Waals surface area (Å²) in [4.78, 5) is 11.0. The number of carbonyl (C=O) groups excluding carboxylic acids is 1. The van der Waals surface area contributed by atoms with Gasteiger partial charge >= 0.3 is 5.97 Å². The lowest BCUT2D eigenvalue weighted by atomic mass is 10.2. The minimum atomic E-state index is -0.287. The molecule has 0 aromatic carbocycles. The molecule has 0 fully saturated rings. The van der Waals surface area contributed by atoms with E-state index in [0.717, 1.165) is 5.57 Å². The second kappa shape index (κ2) is 7.79. The molecule has 0 radical (unpaired) electrons. The van der Waals surface area contributed by atoms with Crippen LogP contribution < -0.4 is 0 Å². The Kier molecular flexibility index (Phi) is 7.47. The molecule has 2 nitrogen and oxygen atoms in total. The minimum absolute atomic E-state index is 0.287. The zero-order valence-corrected chi connectivity index (χ0v) is 10.9. The SMILES string of the molecule is CCOC(=O)/C=C(C)/C=C/C=C(/C)I. The van der Waals surface area contributed by atoms with E-state index in [9.17, 15) is 4.79 Å². The average molecular weight is 306 g/mol. The molecule has 0 unspecified atom stereocenters. The van der Waals surface area contributed by atoms with Crippen LogP contribution in [0.1, 0.15) is 20.8 Å². The van der Waals surface area contributed by atoms with Crippen molar-refractivity contribution in [3.05, 3.63) is 33.5 Å². The zero-order valence-electron chi connectivity index (χ0n) is 8.71. The lowest BCUT2D eigenvalue weighted by molar-refractivity contribution is -0.137. The van der Waals surface area contributed by atoms with E-state index in [1.165, 1.54) is 9.66 Å². The summed E-state index contributed by atoms with van der Waals surface area (Å²) in [5, 5.41) is 0. The number of rotatable bonds is 4. The van der Waals surface area contributed by atoms with Crippen LogP contribution in [0.3, 0.4) is 0 Å².